The predicted molar refractivity (Wildman–Crippen MR) is 91.9 cm³/mol. The number of rotatable bonds is 2. The Labute approximate surface area is 131 Å². The van der Waals surface area contributed by atoms with Crippen LogP contribution < -0.4 is 0 Å². The highest BCUT2D eigenvalue weighted by molar-refractivity contribution is 5.72. The third-order valence-electron chi connectivity index (χ3n) is 3.68. The van der Waals surface area contributed by atoms with E-state index in [1.54, 1.807) is 0 Å². The third-order valence-corrected chi connectivity index (χ3v) is 3.68. The minimum absolute atomic E-state index is 0.812. The first kappa shape index (κ1) is 14.5. The molecule has 1 heterocycles. The van der Waals surface area contributed by atoms with E-state index in [9.17, 15) is 0 Å². The van der Waals surface area contributed by atoms with Crippen molar-refractivity contribution < 1.29 is 0 Å². The molecular weight excluding hydrogens is 268 g/mol. The van der Waals surface area contributed by atoms with Gasteiger partial charge in [-0.15, -0.1) is 0 Å². The summed E-state index contributed by atoms with van der Waals surface area (Å²) in [7, 11) is 0. The third kappa shape index (κ3) is 3.06. The first-order valence-corrected chi connectivity index (χ1v) is 7.53. The van der Waals surface area contributed by atoms with Crippen LogP contribution >= 0.6 is 0 Å². The molecule has 0 aliphatic heterocycles. The molecule has 0 amide bonds. The highest BCUT2D eigenvalue weighted by Gasteiger charge is 2.05. The average Bonchev–Trinajstić information content (AvgIpc) is 2.45. The molecule has 0 bridgehead atoms. The molecule has 22 heavy (non-hydrogen) atoms. The summed E-state index contributed by atoms with van der Waals surface area (Å²) in [6.45, 7) is 8.21. The summed E-state index contributed by atoms with van der Waals surface area (Å²) < 4.78 is 0. The zero-order valence-electron chi connectivity index (χ0n) is 13.5. The number of nitrogens with zero attached hydrogens (tertiary/aromatic N) is 2. The quantitative estimate of drug-likeness (QED) is 0.660. The molecule has 0 spiro atoms. The number of hydrogen-bond acceptors (Lipinski definition) is 2. The molecule has 2 nitrogen and oxygen atoms in total. The Bertz CT molecular complexity index is 728. The Morgan fingerprint density at radius 2 is 1.32 bits per heavy atom. The summed E-state index contributed by atoms with van der Waals surface area (Å²) in [5.41, 5.74) is 8.16. The molecule has 2 heteroatoms. The van der Waals surface area contributed by atoms with Gasteiger partial charge in [-0.1, -0.05) is 47.5 Å². The van der Waals surface area contributed by atoms with Gasteiger partial charge < -0.3 is 0 Å². The maximum absolute atomic E-state index is 4.56. The fourth-order valence-electron chi connectivity index (χ4n) is 2.86. The van der Waals surface area contributed by atoms with Crippen LogP contribution in [0.4, 0.5) is 0 Å². The van der Waals surface area contributed by atoms with E-state index < -0.39 is 0 Å². The molecule has 0 atom stereocenters. The molecule has 0 radical (unpaired) electrons. The van der Waals surface area contributed by atoms with Gasteiger partial charge in [0.05, 0.1) is 5.69 Å². The normalized spacial score (nSPS) is 10.7. The van der Waals surface area contributed by atoms with Crippen molar-refractivity contribution in [2.45, 2.75) is 27.7 Å². The lowest BCUT2D eigenvalue weighted by Gasteiger charge is -2.08. The maximum atomic E-state index is 4.56. The Morgan fingerprint density at radius 3 is 2.00 bits per heavy atom. The van der Waals surface area contributed by atoms with Crippen molar-refractivity contribution in [1.82, 2.24) is 9.97 Å². The van der Waals surface area contributed by atoms with E-state index in [4.69, 9.17) is 0 Å². The van der Waals surface area contributed by atoms with E-state index >= 15 is 0 Å². The fourth-order valence-corrected chi connectivity index (χ4v) is 2.86. The number of benzene rings is 2. The van der Waals surface area contributed by atoms with Gasteiger partial charge in [-0.25, -0.2) is 9.97 Å². The molecule has 0 aliphatic rings. The van der Waals surface area contributed by atoms with Gasteiger partial charge >= 0.3 is 0 Å². The van der Waals surface area contributed by atoms with Gasteiger partial charge in [-0.05, 0) is 51.0 Å². The molecule has 0 saturated heterocycles. The van der Waals surface area contributed by atoms with Crippen LogP contribution in [0.5, 0.6) is 0 Å². The average molecular weight is 288 g/mol. The van der Waals surface area contributed by atoms with E-state index in [1.807, 2.05) is 19.9 Å². The van der Waals surface area contributed by atoms with Crippen molar-refractivity contribution in [3.8, 4) is 22.4 Å². The second-order valence-electron chi connectivity index (χ2n) is 5.90. The molecule has 1 aromatic heterocycles. The summed E-state index contributed by atoms with van der Waals surface area (Å²) in [6.07, 6.45) is 0. The lowest BCUT2D eigenvalue weighted by Crippen LogP contribution is -1.94. The second kappa shape index (κ2) is 5.72. The molecule has 0 N–H and O–H groups in total. The van der Waals surface area contributed by atoms with Crippen molar-refractivity contribution in [3.05, 3.63) is 71.2 Å². The van der Waals surface area contributed by atoms with E-state index in [0.29, 0.717) is 0 Å². The van der Waals surface area contributed by atoms with E-state index in [-0.39, 0.29) is 0 Å². The maximum Gasteiger partial charge on any atom is 0.126 e. The van der Waals surface area contributed by atoms with Gasteiger partial charge in [0.1, 0.15) is 5.82 Å². The van der Waals surface area contributed by atoms with E-state index in [1.165, 1.54) is 22.3 Å². The summed E-state index contributed by atoms with van der Waals surface area (Å²) >= 11 is 0. The molecule has 3 aromatic rings. The number of hydrogen-bond donors (Lipinski definition) is 0. The van der Waals surface area contributed by atoms with Crippen LogP contribution in [0.25, 0.3) is 22.4 Å². The second-order valence-corrected chi connectivity index (χ2v) is 5.90. The Kier molecular flexibility index (Phi) is 3.76. The molecule has 0 saturated carbocycles. The SMILES string of the molecule is Cc1cc(C)cc(-c2cccc(-c3cc(C)nc(C)n3)c2)c1. The summed E-state index contributed by atoms with van der Waals surface area (Å²) in [5.74, 6) is 0.812. The van der Waals surface area contributed by atoms with E-state index in [0.717, 1.165) is 22.8 Å². The minimum Gasteiger partial charge on any atom is -0.239 e. The molecule has 110 valence electrons. The van der Waals surface area contributed by atoms with Crippen LogP contribution in [0, 0.1) is 27.7 Å². The fraction of sp³-hybridized carbons (Fsp3) is 0.200. The van der Waals surface area contributed by atoms with Gasteiger partial charge in [0, 0.05) is 11.3 Å². The van der Waals surface area contributed by atoms with Crippen molar-refractivity contribution in [3.63, 3.8) is 0 Å². The van der Waals surface area contributed by atoms with Crippen LogP contribution in [-0.2, 0) is 0 Å². The molecule has 0 aliphatic carbocycles. The molecule has 3 rings (SSSR count). The topological polar surface area (TPSA) is 25.8 Å². The predicted octanol–water partition coefficient (Wildman–Crippen LogP) is 5.04. The van der Waals surface area contributed by atoms with Gasteiger partial charge in [0.2, 0.25) is 0 Å². The lowest BCUT2D eigenvalue weighted by molar-refractivity contribution is 1.02. The number of aryl methyl sites for hydroxylation is 4. The van der Waals surface area contributed by atoms with Gasteiger partial charge in [-0.2, -0.15) is 0 Å². The van der Waals surface area contributed by atoms with E-state index in [2.05, 4.69) is 66.3 Å². The minimum atomic E-state index is 0.812. The molecule has 2 aromatic carbocycles. The largest absolute Gasteiger partial charge is 0.239 e. The molecule has 0 fully saturated rings. The Morgan fingerprint density at radius 1 is 0.636 bits per heavy atom. The lowest BCUT2D eigenvalue weighted by atomic mass is 9.98. The summed E-state index contributed by atoms with van der Waals surface area (Å²) in [4.78, 5) is 8.92. The van der Waals surface area contributed by atoms with Crippen molar-refractivity contribution >= 4 is 0 Å². The highest BCUT2D eigenvalue weighted by Crippen LogP contribution is 2.27. The van der Waals surface area contributed by atoms with Crippen LogP contribution in [0.1, 0.15) is 22.6 Å². The summed E-state index contributed by atoms with van der Waals surface area (Å²) in [5, 5.41) is 0. The van der Waals surface area contributed by atoms with Crippen molar-refractivity contribution in [2.24, 2.45) is 0 Å². The zero-order valence-corrected chi connectivity index (χ0v) is 13.5. The number of aromatic nitrogens is 2. The monoisotopic (exact) mass is 288 g/mol. The highest BCUT2D eigenvalue weighted by atomic mass is 14.9. The first-order chi connectivity index (χ1) is 10.5. The van der Waals surface area contributed by atoms with Crippen LogP contribution in [0.15, 0.2) is 48.5 Å². The Hall–Kier alpha value is -2.48. The summed E-state index contributed by atoms with van der Waals surface area (Å²) in [6, 6.07) is 17.2. The van der Waals surface area contributed by atoms with Crippen molar-refractivity contribution in [2.75, 3.05) is 0 Å². The Balaban J connectivity index is 2.09. The van der Waals surface area contributed by atoms with Gasteiger partial charge in [0.25, 0.3) is 0 Å². The van der Waals surface area contributed by atoms with Crippen LogP contribution in [-0.4, -0.2) is 9.97 Å². The smallest absolute Gasteiger partial charge is 0.126 e. The molecular formula is C20H20N2. The van der Waals surface area contributed by atoms with Crippen LogP contribution in [0.3, 0.4) is 0 Å². The van der Waals surface area contributed by atoms with Gasteiger partial charge in [-0.3, -0.25) is 0 Å². The first-order valence-electron chi connectivity index (χ1n) is 7.53. The van der Waals surface area contributed by atoms with Crippen LogP contribution in [0.2, 0.25) is 0 Å². The molecule has 0 unspecified atom stereocenters. The zero-order chi connectivity index (χ0) is 15.7. The van der Waals surface area contributed by atoms with Gasteiger partial charge in [0.15, 0.2) is 0 Å². The standard InChI is InChI=1S/C20H20N2/c1-13-8-14(2)10-19(9-13)17-6-5-7-18(12-17)20-11-15(3)21-16(4)22-20/h5-12H,1-4H3. The van der Waals surface area contributed by atoms with Crippen molar-refractivity contribution in [1.29, 1.82) is 0 Å².